The first kappa shape index (κ1) is 19.1. The van der Waals surface area contributed by atoms with Crippen LogP contribution in [-0.2, 0) is 10.0 Å². The number of nitrogens with two attached hydrogens (primary N) is 2. The summed E-state index contributed by atoms with van der Waals surface area (Å²) in [6.45, 7) is 8.96. The number of nitrogens with one attached hydrogen (secondary N) is 2. The Bertz CT molecular complexity index is 696. The Morgan fingerprint density at radius 3 is 2.12 bits per heavy atom. The van der Waals surface area contributed by atoms with Gasteiger partial charge in [-0.25, -0.2) is 13.6 Å². The predicted octanol–water partition coefficient (Wildman–Crippen LogP) is 0.903. The SMILES string of the molecule is CC1(C)CC(NC(=S)Nc2ccc(S(N)(=O)=O)cc2)CC(C)(C)[NH2+]1. The van der Waals surface area contributed by atoms with E-state index in [0.717, 1.165) is 18.5 Å². The number of benzene rings is 1. The van der Waals surface area contributed by atoms with E-state index in [1.807, 2.05) is 0 Å². The molecule has 24 heavy (non-hydrogen) atoms. The van der Waals surface area contributed by atoms with E-state index < -0.39 is 10.0 Å². The number of hydrogen-bond acceptors (Lipinski definition) is 3. The third-order valence-electron chi connectivity index (χ3n) is 4.10. The standard InChI is InChI=1S/C16H26N4O2S2/c1-15(2)9-12(10-16(3,4)20-15)19-14(23)18-11-5-7-13(8-6-11)24(17,21)22/h5-8,12,20H,9-10H2,1-4H3,(H2,17,21,22)(H2,18,19,23)/p+1. The van der Waals surface area contributed by atoms with Crippen molar-refractivity contribution < 1.29 is 13.7 Å². The van der Waals surface area contributed by atoms with Gasteiger partial charge in [0.15, 0.2) is 5.11 Å². The maximum atomic E-state index is 11.3. The highest BCUT2D eigenvalue weighted by atomic mass is 32.2. The number of piperidine rings is 1. The maximum absolute atomic E-state index is 11.3. The van der Waals surface area contributed by atoms with E-state index in [-0.39, 0.29) is 16.0 Å². The topological polar surface area (TPSA) is 101 Å². The van der Waals surface area contributed by atoms with Crippen LogP contribution in [0.15, 0.2) is 29.2 Å². The molecular formula is C16H27N4O2S2+. The molecule has 0 unspecified atom stereocenters. The lowest BCUT2D eigenvalue weighted by Gasteiger charge is -2.43. The number of hydrogen-bond donors (Lipinski definition) is 4. The molecule has 6 nitrogen and oxygen atoms in total. The van der Waals surface area contributed by atoms with Gasteiger partial charge in [0, 0.05) is 24.6 Å². The van der Waals surface area contributed by atoms with Crippen molar-refractivity contribution in [3.63, 3.8) is 0 Å². The number of primary sulfonamides is 1. The van der Waals surface area contributed by atoms with Gasteiger partial charge in [-0.15, -0.1) is 0 Å². The van der Waals surface area contributed by atoms with E-state index in [1.54, 1.807) is 12.1 Å². The summed E-state index contributed by atoms with van der Waals surface area (Å²) in [5.74, 6) is 0. The molecule has 1 aliphatic heterocycles. The lowest BCUT2D eigenvalue weighted by molar-refractivity contribution is -0.787. The smallest absolute Gasteiger partial charge is 0.238 e. The second kappa shape index (κ2) is 6.59. The fourth-order valence-electron chi connectivity index (χ4n) is 3.70. The minimum absolute atomic E-state index is 0.0817. The van der Waals surface area contributed by atoms with Crippen LogP contribution in [0.1, 0.15) is 40.5 Å². The molecule has 1 aliphatic rings. The van der Waals surface area contributed by atoms with Crippen LogP contribution in [0.3, 0.4) is 0 Å². The van der Waals surface area contributed by atoms with Gasteiger partial charge < -0.3 is 16.0 Å². The van der Waals surface area contributed by atoms with Gasteiger partial charge in [0.2, 0.25) is 10.0 Å². The van der Waals surface area contributed by atoms with Crippen molar-refractivity contribution in [1.29, 1.82) is 0 Å². The Morgan fingerprint density at radius 2 is 1.67 bits per heavy atom. The van der Waals surface area contributed by atoms with Crippen LogP contribution in [-0.4, -0.2) is 30.6 Å². The quantitative estimate of drug-likeness (QED) is 0.592. The summed E-state index contributed by atoms with van der Waals surface area (Å²) in [7, 11) is -3.68. The Morgan fingerprint density at radius 1 is 1.17 bits per heavy atom. The maximum Gasteiger partial charge on any atom is 0.238 e. The molecule has 0 radical (unpaired) electrons. The van der Waals surface area contributed by atoms with E-state index in [0.29, 0.717) is 11.2 Å². The molecular weight excluding hydrogens is 344 g/mol. The number of quaternary nitrogens is 1. The molecule has 8 heteroatoms. The van der Waals surface area contributed by atoms with Crippen LogP contribution in [0.4, 0.5) is 5.69 Å². The van der Waals surface area contributed by atoms with E-state index in [9.17, 15) is 8.42 Å². The summed E-state index contributed by atoms with van der Waals surface area (Å²) >= 11 is 5.40. The van der Waals surface area contributed by atoms with Crippen LogP contribution in [0.5, 0.6) is 0 Å². The van der Waals surface area contributed by atoms with Gasteiger partial charge in [-0.05, 0) is 64.2 Å². The van der Waals surface area contributed by atoms with Gasteiger partial charge >= 0.3 is 0 Å². The molecule has 0 aliphatic carbocycles. The molecule has 1 aromatic rings. The normalized spacial score (nSPS) is 20.4. The Kier molecular flexibility index (Phi) is 5.25. The third-order valence-corrected chi connectivity index (χ3v) is 5.25. The minimum atomic E-state index is -3.68. The van der Waals surface area contributed by atoms with E-state index in [2.05, 4.69) is 43.6 Å². The highest BCUT2D eigenvalue weighted by Gasteiger charge is 2.41. The lowest BCUT2D eigenvalue weighted by Crippen LogP contribution is -3.06. The molecule has 1 aromatic carbocycles. The van der Waals surface area contributed by atoms with Gasteiger partial charge in [0.1, 0.15) is 0 Å². The van der Waals surface area contributed by atoms with Crippen LogP contribution in [0.2, 0.25) is 0 Å². The summed E-state index contributed by atoms with van der Waals surface area (Å²) in [6.07, 6.45) is 2.03. The van der Waals surface area contributed by atoms with Gasteiger partial charge in [-0.3, -0.25) is 0 Å². The molecule has 0 saturated carbocycles. The minimum Gasteiger partial charge on any atom is -0.359 e. The summed E-state index contributed by atoms with van der Waals surface area (Å²) in [4.78, 5) is 0.0817. The number of anilines is 1. The molecule has 0 atom stereocenters. The van der Waals surface area contributed by atoms with Crippen LogP contribution in [0, 0.1) is 0 Å². The Hall–Kier alpha value is -1.22. The Labute approximate surface area is 149 Å². The zero-order chi connectivity index (χ0) is 18.2. The summed E-state index contributed by atoms with van der Waals surface area (Å²) < 4.78 is 22.5. The van der Waals surface area contributed by atoms with Crippen molar-refractivity contribution in [2.24, 2.45) is 5.14 Å². The van der Waals surface area contributed by atoms with Gasteiger partial charge in [0.25, 0.3) is 0 Å². The molecule has 1 saturated heterocycles. The van der Waals surface area contributed by atoms with E-state index >= 15 is 0 Å². The second-order valence-corrected chi connectivity index (χ2v) is 9.86. The number of sulfonamides is 1. The van der Waals surface area contributed by atoms with Crippen molar-refractivity contribution in [2.75, 3.05) is 5.32 Å². The highest BCUT2D eigenvalue weighted by Crippen LogP contribution is 2.22. The van der Waals surface area contributed by atoms with Crippen molar-refractivity contribution in [1.82, 2.24) is 5.32 Å². The van der Waals surface area contributed by atoms with Gasteiger partial charge in [0.05, 0.1) is 16.0 Å². The number of thiocarbonyl (C=S) groups is 1. The summed E-state index contributed by atoms with van der Waals surface area (Å²) in [5, 5.41) is 14.5. The largest absolute Gasteiger partial charge is 0.359 e. The first-order valence-electron chi connectivity index (χ1n) is 7.94. The summed E-state index contributed by atoms with van der Waals surface area (Å²) in [6, 6.07) is 6.51. The first-order chi connectivity index (χ1) is 10.9. The molecule has 0 bridgehead atoms. The Balaban J connectivity index is 1.98. The highest BCUT2D eigenvalue weighted by molar-refractivity contribution is 7.89. The molecule has 134 valence electrons. The van der Waals surface area contributed by atoms with E-state index in [4.69, 9.17) is 17.4 Å². The van der Waals surface area contributed by atoms with Crippen molar-refractivity contribution in [3.8, 4) is 0 Å². The van der Waals surface area contributed by atoms with Crippen molar-refractivity contribution in [3.05, 3.63) is 24.3 Å². The average Bonchev–Trinajstić information content (AvgIpc) is 2.33. The lowest BCUT2D eigenvalue weighted by atomic mass is 9.80. The number of rotatable bonds is 3. The van der Waals surface area contributed by atoms with Crippen LogP contribution < -0.4 is 21.1 Å². The van der Waals surface area contributed by atoms with Gasteiger partial charge in [-0.2, -0.15) is 0 Å². The van der Waals surface area contributed by atoms with Crippen LogP contribution >= 0.6 is 12.2 Å². The third kappa shape index (κ3) is 5.41. The predicted molar refractivity (Wildman–Crippen MR) is 100 cm³/mol. The zero-order valence-corrected chi connectivity index (χ0v) is 16.2. The fourth-order valence-corrected chi connectivity index (χ4v) is 4.50. The molecule has 6 N–H and O–H groups in total. The van der Waals surface area contributed by atoms with E-state index in [1.165, 1.54) is 12.1 Å². The van der Waals surface area contributed by atoms with Crippen molar-refractivity contribution in [2.45, 2.75) is 62.6 Å². The monoisotopic (exact) mass is 371 g/mol. The molecule has 0 aromatic heterocycles. The van der Waals surface area contributed by atoms with Crippen LogP contribution in [0.25, 0.3) is 0 Å². The fraction of sp³-hybridized carbons (Fsp3) is 0.562. The van der Waals surface area contributed by atoms with Gasteiger partial charge in [-0.1, -0.05) is 0 Å². The second-order valence-electron chi connectivity index (χ2n) is 7.89. The van der Waals surface area contributed by atoms with Crippen molar-refractivity contribution >= 4 is 33.0 Å². The zero-order valence-electron chi connectivity index (χ0n) is 14.6. The first-order valence-corrected chi connectivity index (χ1v) is 9.89. The molecule has 2 rings (SSSR count). The average molecular weight is 372 g/mol. The molecule has 1 heterocycles. The molecule has 0 amide bonds. The molecule has 0 spiro atoms. The molecule has 1 fully saturated rings. The summed E-state index contributed by atoms with van der Waals surface area (Å²) in [5.41, 5.74) is 1.04.